The molecule has 3 unspecified atom stereocenters. The zero-order chi connectivity index (χ0) is 14.8. The average molecular weight is 307 g/mol. The van der Waals surface area contributed by atoms with Crippen LogP contribution in [0.2, 0.25) is 45.8 Å². The second-order valence-electron chi connectivity index (χ2n) is 7.67. The molecule has 0 bridgehead atoms. The maximum atomic E-state index is 6.44. The third-order valence-electron chi connectivity index (χ3n) is 3.73. The third kappa shape index (κ3) is 6.14. The Morgan fingerprint density at radius 3 is 1.83 bits per heavy atom. The fourth-order valence-electron chi connectivity index (χ4n) is 1.80. The van der Waals surface area contributed by atoms with Crippen molar-refractivity contribution in [2.75, 3.05) is 0 Å². The molecule has 3 atom stereocenters. The predicted molar refractivity (Wildman–Crippen MR) is 90.0 cm³/mol. The van der Waals surface area contributed by atoms with E-state index >= 15 is 0 Å². The van der Waals surface area contributed by atoms with Gasteiger partial charge in [-0.3, -0.25) is 0 Å². The van der Waals surface area contributed by atoms with Gasteiger partial charge in [-0.25, -0.2) is 0 Å². The van der Waals surface area contributed by atoms with Gasteiger partial charge in [-0.05, 0) is 46.5 Å². The molecule has 0 aliphatic carbocycles. The molecule has 0 saturated carbocycles. The molecule has 0 fully saturated rings. The van der Waals surface area contributed by atoms with E-state index in [1.54, 1.807) is 0 Å². The topological polar surface area (TPSA) is 18.5 Å². The summed E-state index contributed by atoms with van der Waals surface area (Å²) in [7, 11) is -4.05. The molecule has 18 heavy (non-hydrogen) atoms. The molecule has 0 aromatic heterocycles. The molecule has 0 rings (SSSR count). The number of hydrogen-bond acceptors (Lipinski definition) is 2. The monoisotopic (exact) mass is 306 g/mol. The van der Waals surface area contributed by atoms with Crippen LogP contribution in [0.25, 0.3) is 0 Å². The van der Waals surface area contributed by atoms with Crippen molar-refractivity contribution in [2.24, 2.45) is 0 Å². The maximum Gasteiger partial charge on any atom is 0.203 e. The van der Waals surface area contributed by atoms with Crippen molar-refractivity contribution in [3.63, 3.8) is 0 Å². The molecule has 0 heterocycles. The van der Waals surface area contributed by atoms with Crippen LogP contribution in [0.1, 0.15) is 27.2 Å². The minimum Gasteiger partial charge on any atom is -0.418 e. The Morgan fingerprint density at radius 2 is 1.56 bits per heavy atom. The highest BCUT2D eigenvalue weighted by Crippen LogP contribution is 2.27. The molecule has 0 saturated heterocycles. The van der Waals surface area contributed by atoms with Crippen molar-refractivity contribution in [3.05, 3.63) is 0 Å². The summed E-state index contributed by atoms with van der Waals surface area (Å²) < 4.78 is 12.9. The Labute approximate surface area is 118 Å². The van der Waals surface area contributed by atoms with E-state index in [-0.39, 0.29) is 5.22 Å². The molecule has 0 amide bonds. The van der Waals surface area contributed by atoms with Crippen LogP contribution >= 0.6 is 0 Å². The van der Waals surface area contributed by atoms with Crippen molar-refractivity contribution >= 4 is 25.4 Å². The van der Waals surface area contributed by atoms with Crippen molar-refractivity contribution in [3.8, 4) is 0 Å². The van der Waals surface area contributed by atoms with Crippen LogP contribution in [-0.4, -0.2) is 36.4 Å². The molecule has 0 aromatic rings. The van der Waals surface area contributed by atoms with Crippen molar-refractivity contribution in [2.45, 2.75) is 84.0 Å². The van der Waals surface area contributed by atoms with Crippen LogP contribution in [0.5, 0.6) is 0 Å². The molecule has 2 nitrogen and oxygen atoms in total. The van der Waals surface area contributed by atoms with E-state index in [1.807, 2.05) is 0 Å². The minimum atomic E-state index is -1.51. The van der Waals surface area contributed by atoms with Crippen molar-refractivity contribution < 1.29 is 8.85 Å². The third-order valence-corrected chi connectivity index (χ3v) is 11.0. The summed E-state index contributed by atoms with van der Waals surface area (Å²) in [5, 5.41) is -0.0155. The Hall–Kier alpha value is 0.571. The summed E-state index contributed by atoms with van der Waals surface area (Å²) in [4.78, 5) is 0. The maximum absolute atomic E-state index is 6.44. The molecular weight excluding hydrogens is 272 g/mol. The fraction of sp³-hybridized carbons (Fsp3) is 1.00. The summed E-state index contributed by atoms with van der Waals surface area (Å²) in [6, 6.07) is 0. The van der Waals surface area contributed by atoms with Crippen LogP contribution in [0.4, 0.5) is 0 Å². The van der Waals surface area contributed by atoms with E-state index in [9.17, 15) is 0 Å². The first-order valence-electron chi connectivity index (χ1n) is 7.17. The highest BCUT2D eigenvalue weighted by atomic mass is 28.4. The first-order valence-corrected chi connectivity index (χ1v) is 16.4. The molecule has 110 valence electrons. The second-order valence-corrected chi connectivity index (χ2v) is 20.4. The van der Waals surface area contributed by atoms with E-state index in [0.717, 1.165) is 6.42 Å². The van der Waals surface area contributed by atoms with Crippen LogP contribution in [0.3, 0.4) is 0 Å². The second kappa shape index (κ2) is 6.35. The lowest BCUT2D eigenvalue weighted by molar-refractivity contribution is 0.122. The van der Waals surface area contributed by atoms with Gasteiger partial charge in [0.2, 0.25) is 9.04 Å². The highest BCUT2D eigenvalue weighted by Gasteiger charge is 2.39. The van der Waals surface area contributed by atoms with E-state index < -0.39 is 25.4 Å². The largest absolute Gasteiger partial charge is 0.418 e. The lowest BCUT2D eigenvalue weighted by Gasteiger charge is -2.41. The zero-order valence-corrected chi connectivity index (χ0v) is 17.3. The summed E-state index contributed by atoms with van der Waals surface area (Å²) in [5.41, 5.74) is 0.426. The lowest BCUT2D eigenvalue weighted by Crippen LogP contribution is -2.54. The summed E-state index contributed by atoms with van der Waals surface area (Å²) in [5.74, 6) is 0. The first kappa shape index (κ1) is 18.6. The Kier molecular flexibility index (Phi) is 6.55. The summed E-state index contributed by atoms with van der Waals surface area (Å²) >= 11 is 0. The van der Waals surface area contributed by atoms with Gasteiger partial charge >= 0.3 is 0 Å². The zero-order valence-electron chi connectivity index (χ0n) is 14.2. The average Bonchev–Trinajstić information content (AvgIpc) is 2.13. The van der Waals surface area contributed by atoms with Crippen LogP contribution in [-0.2, 0) is 8.85 Å². The number of hydrogen-bond donors (Lipinski definition) is 0. The Balaban J connectivity index is 4.76. The Morgan fingerprint density at radius 1 is 1.11 bits per heavy atom. The van der Waals surface area contributed by atoms with Gasteiger partial charge in [0.25, 0.3) is 0 Å². The lowest BCUT2D eigenvalue weighted by atomic mass is 10.3. The first-order chi connectivity index (χ1) is 7.82. The van der Waals surface area contributed by atoms with Crippen LogP contribution in [0.15, 0.2) is 0 Å². The van der Waals surface area contributed by atoms with Crippen molar-refractivity contribution in [1.82, 2.24) is 0 Å². The molecule has 0 aliphatic heterocycles. The van der Waals surface area contributed by atoms with Crippen LogP contribution < -0.4 is 0 Å². The standard InChI is InChI=1S/C13H34O2Si3/c1-11-13(3,15-18(8,9)10)16(4)14-12(2)17(5,6)7/h12,16H,11H2,1-10H3. The van der Waals surface area contributed by atoms with E-state index in [4.69, 9.17) is 8.85 Å². The van der Waals surface area contributed by atoms with Gasteiger partial charge in [0.15, 0.2) is 8.32 Å². The molecule has 0 aromatic carbocycles. The van der Waals surface area contributed by atoms with E-state index in [2.05, 4.69) is 66.6 Å². The van der Waals surface area contributed by atoms with Crippen LogP contribution in [0, 0.1) is 0 Å². The Bertz CT molecular complexity index is 258. The summed E-state index contributed by atoms with van der Waals surface area (Å²) in [6.45, 7) is 23.0. The molecule has 5 heteroatoms. The molecular formula is C13H34O2Si3. The molecule has 0 aliphatic rings. The van der Waals surface area contributed by atoms with Gasteiger partial charge in [-0.2, -0.15) is 0 Å². The van der Waals surface area contributed by atoms with E-state index in [0.29, 0.717) is 5.73 Å². The van der Waals surface area contributed by atoms with Gasteiger partial charge < -0.3 is 8.85 Å². The van der Waals surface area contributed by atoms with Gasteiger partial charge in [0, 0.05) is 5.73 Å². The fourth-order valence-corrected chi connectivity index (χ4v) is 8.78. The smallest absolute Gasteiger partial charge is 0.203 e. The molecule has 0 spiro atoms. The molecule has 0 radical (unpaired) electrons. The normalized spacial score (nSPS) is 20.3. The highest BCUT2D eigenvalue weighted by molar-refractivity contribution is 6.78. The van der Waals surface area contributed by atoms with Gasteiger partial charge in [0.1, 0.15) is 0 Å². The van der Waals surface area contributed by atoms with Crippen molar-refractivity contribution in [1.29, 1.82) is 0 Å². The summed E-state index contributed by atoms with van der Waals surface area (Å²) in [6.07, 6.45) is 1.06. The molecule has 0 N–H and O–H groups in total. The predicted octanol–water partition coefficient (Wildman–Crippen LogP) is 4.18. The van der Waals surface area contributed by atoms with Gasteiger partial charge in [-0.15, -0.1) is 0 Å². The SMILES string of the molecule is CCC(C)(O[Si](C)(C)C)[SiH](C)OC(C)[Si](C)(C)C. The van der Waals surface area contributed by atoms with Gasteiger partial charge in [0.05, 0.1) is 13.3 Å². The van der Waals surface area contributed by atoms with Gasteiger partial charge in [-0.1, -0.05) is 26.6 Å². The van der Waals surface area contributed by atoms with E-state index in [1.165, 1.54) is 0 Å². The quantitative estimate of drug-likeness (QED) is 0.657. The minimum absolute atomic E-state index is 0.0155. The number of rotatable bonds is 7.